The Morgan fingerprint density at radius 1 is 1.42 bits per heavy atom. The summed E-state index contributed by atoms with van der Waals surface area (Å²) in [4.78, 5) is 10.6. The number of methoxy groups -OCH3 is 1. The molecule has 0 saturated carbocycles. The van der Waals surface area contributed by atoms with Crippen LogP contribution < -0.4 is 5.32 Å². The highest BCUT2D eigenvalue weighted by atomic mass is 16.5. The topological polar surface area (TPSA) is 99.0 Å². The number of carbonyl (C=O) groups excluding carboxylic acids is 1. The van der Waals surface area contributed by atoms with Crippen LogP contribution in [0.15, 0.2) is 0 Å². The summed E-state index contributed by atoms with van der Waals surface area (Å²) in [5.74, 6) is 0. The molecule has 6 heteroatoms. The lowest BCUT2D eigenvalue weighted by Crippen LogP contribution is -2.49. The van der Waals surface area contributed by atoms with Crippen molar-refractivity contribution in [3.05, 3.63) is 0 Å². The van der Waals surface area contributed by atoms with Crippen molar-refractivity contribution in [2.24, 2.45) is 0 Å². The maximum atomic E-state index is 10.6. The number of rotatable bonds is 3. The van der Waals surface area contributed by atoms with E-state index in [9.17, 15) is 4.79 Å². The highest BCUT2D eigenvalue weighted by molar-refractivity contribution is 5.67. The monoisotopic (exact) mass is 179 g/mol. The summed E-state index contributed by atoms with van der Waals surface area (Å²) < 4.78 is 4.20. The largest absolute Gasteiger partial charge is 0.453 e. The fraction of sp³-hybridized carbons (Fsp3) is 0.833. The van der Waals surface area contributed by atoms with Gasteiger partial charge in [0.1, 0.15) is 6.04 Å². The molecule has 2 unspecified atom stereocenters. The van der Waals surface area contributed by atoms with Crippen molar-refractivity contribution >= 4 is 6.09 Å². The van der Waals surface area contributed by atoms with Crippen LogP contribution >= 0.6 is 0 Å². The maximum Gasteiger partial charge on any atom is 0.407 e. The molecule has 0 rings (SSSR count). The average Bonchev–Trinajstić information content (AvgIpc) is 1.98. The second-order valence-electron chi connectivity index (χ2n) is 2.32. The summed E-state index contributed by atoms with van der Waals surface area (Å²) >= 11 is 0. The lowest BCUT2D eigenvalue weighted by atomic mass is 10.2. The van der Waals surface area contributed by atoms with Gasteiger partial charge in [0.15, 0.2) is 6.29 Å². The van der Waals surface area contributed by atoms with Crippen LogP contribution in [0, 0.1) is 0 Å². The van der Waals surface area contributed by atoms with Crippen molar-refractivity contribution in [3.63, 3.8) is 0 Å². The lowest BCUT2D eigenvalue weighted by molar-refractivity contribution is -0.0914. The summed E-state index contributed by atoms with van der Waals surface area (Å²) in [6.07, 6.45) is -3.71. The highest BCUT2D eigenvalue weighted by Crippen LogP contribution is 1.97. The van der Waals surface area contributed by atoms with Crippen LogP contribution in [0.25, 0.3) is 0 Å². The molecule has 12 heavy (non-hydrogen) atoms. The number of carbonyl (C=O) groups is 1. The van der Waals surface area contributed by atoms with Crippen molar-refractivity contribution in [1.29, 1.82) is 0 Å². The first kappa shape index (κ1) is 11.2. The Morgan fingerprint density at radius 3 is 2.17 bits per heavy atom. The maximum absolute atomic E-state index is 10.6. The summed E-state index contributed by atoms with van der Waals surface area (Å²) in [6, 6.07) is -1.14. The number of hydrogen-bond acceptors (Lipinski definition) is 5. The van der Waals surface area contributed by atoms with Gasteiger partial charge in [-0.15, -0.1) is 0 Å². The van der Waals surface area contributed by atoms with Crippen LogP contribution in [0.3, 0.4) is 0 Å². The molecule has 0 aliphatic heterocycles. The minimum Gasteiger partial charge on any atom is -0.453 e. The third-order valence-corrected chi connectivity index (χ3v) is 1.31. The molecular weight excluding hydrogens is 166 g/mol. The smallest absolute Gasteiger partial charge is 0.407 e. The first-order chi connectivity index (χ1) is 5.49. The Bertz CT molecular complexity index is 139. The first-order valence-electron chi connectivity index (χ1n) is 3.37. The Labute approximate surface area is 69.8 Å². The average molecular weight is 179 g/mol. The zero-order chi connectivity index (χ0) is 9.72. The van der Waals surface area contributed by atoms with Crippen molar-refractivity contribution < 1.29 is 24.9 Å². The van der Waals surface area contributed by atoms with Crippen molar-refractivity contribution in [3.8, 4) is 0 Å². The Morgan fingerprint density at radius 2 is 1.92 bits per heavy atom. The molecule has 0 saturated heterocycles. The molecule has 0 spiro atoms. The molecule has 0 fully saturated rings. The molecular formula is C6H13NO5. The van der Waals surface area contributed by atoms with Crippen LogP contribution in [-0.4, -0.2) is 47.0 Å². The third kappa shape index (κ3) is 3.51. The predicted molar refractivity (Wildman–Crippen MR) is 39.2 cm³/mol. The number of amides is 1. The van der Waals surface area contributed by atoms with E-state index in [0.29, 0.717) is 0 Å². The van der Waals surface area contributed by atoms with Crippen LogP contribution in [-0.2, 0) is 4.74 Å². The van der Waals surface area contributed by atoms with E-state index >= 15 is 0 Å². The van der Waals surface area contributed by atoms with Crippen LogP contribution in [0.1, 0.15) is 6.92 Å². The molecule has 0 aromatic carbocycles. The third-order valence-electron chi connectivity index (χ3n) is 1.31. The van der Waals surface area contributed by atoms with Gasteiger partial charge in [-0.1, -0.05) is 0 Å². The van der Waals surface area contributed by atoms with E-state index < -0.39 is 24.5 Å². The second kappa shape index (κ2) is 4.91. The van der Waals surface area contributed by atoms with Gasteiger partial charge >= 0.3 is 6.09 Å². The fourth-order valence-electron chi connectivity index (χ4n) is 0.639. The van der Waals surface area contributed by atoms with Crippen LogP contribution in [0.2, 0.25) is 0 Å². The number of ether oxygens (including phenoxy) is 1. The van der Waals surface area contributed by atoms with Gasteiger partial charge in [-0.3, -0.25) is 0 Å². The van der Waals surface area contributed by atoms with E-state index in [1.165, 1.54) is 6.92 Å². The van der Waals surface area contributed by atoms with E-state index in [4.69, 9.17) is 15.3 Å². The van der Waals surface area contributed by atoms with Gasteiger partial charge in [0.25, 0.3) is 0 Å². The SMILES string of the molecule is COC(=O)NC(C(C)O)C(O)O. The van der Waals surface area contributed by atoms with E-state index in [1.54, 1.807) is 0 Å². The standard InChI is InChI=1S/C6H13NO5/c1-3(8)4(5(9)10)7-6(11)12-2/h3-5,8-10H,1-2H3,(H,7,11). The van der Waals surface area contributed by atoms with Crippen LogP contribution in [0.4, 0.5) is 4.79 Å². The van der Waals surface area contributed by atoms with E-state index in [0.717, 1.165) is 7.11 Å². The van der Waals surface area contributed by atoms with E-state index in [-0.39, 0.29) is 0 Å². The molecule has 6 nitrogen and oxygen atoms in total. The number of hydrogen-bond donors (Lipinski definition) is 4. The van der Waals surface area contributed by atoms with Crippen LogP contribution in [0.5, 0.6) is 0 Å². The fourth-order valence-corrected chi connectivity index (χ4v) is 0.639. The molecule has 1 amide bonds. The van der Waals surface area contributed by atoms with Crippen molar-refractivity contribution in [2.75, 3.05) is 7.11 Å². The van der Waals surface area contributed by atoms with Gasteiger partial charge in [0.05, 0.1) is 13.2 Å². The van der Waals surface area contributed by atoms with Crippen molar-refractivity contribution in [1.82, 2.24) is 5.32 Å². The molecule has 0 aliphatic rings. The summed E-state index contributed by atoms with van der Waals surface area (Å²) in [5.41, 5.74) is 0. The number of nitrogens with one attached hydrogen (secondary N) is 1. The van der Waals surface area contributed by atoms with Crippen molar-refractivity contribution in [2.45, 2.75) is 25.4 Å². The summed E-state index contributed by atoms with van der Waals surface area (Å²) in [6.45, 7) is 1.32. The quantitative estimate of drug-likeness (QED) is 0.391. The molecule has 4 N–H and O–H groups in total. The molecule has 0 bridgehead atoms. The normalized spacial score (nSPS) is 15.5. The molecule has 0 aliphatic carbocycles. The zero-order valence-electron chi connectivity index (χ0n) is 6.89. The number of aliphatic hydroxyl groups excluding tert-OH is 2. The summed E-state index contributed by atoms with van der Waals surface area (Å²) in [7, 11) is 1.14. The second-order valence-corrected chi connectivity index (χ2v) is 2.32. The molecule has 0 aromatic heterocycles. The van der Waals surface area contributed by atoms with E-state index in [1.807, 2.05) is 0 Å². The van der Waals surface area contributed by atoms with Gasteiger partial charge in [0.2, 0.25) is 0 Å². The Kier molecular flexibility index (Phi) is 4.57. The molecule has 0 radical (unpaired) electrons. The predicted octanol–water partition coefficient (Wildman–Crippen LogP) is -1.60. The lowest BCUT2D eigenvalue weighted by Gasteiger charge is -2.21. The highest BCUT2D eigenvalue weighted by Gasteiger charge is 2.24. The number of aliphatic hydroxyl groups is 3. The molecule has 72 valence electrons. The van der Waals surface area contributed by atoms with Gasteiger partial charge in [0, 0.05) is 0 Å². The summed E-state index contributed by atoms with van der Waals surface area (Å²) in [5, 5.41) is 28.3. The minimum absolute atomic E-state index is 0.825. The number of alkyl carbamates (subject to hydrolysis) is 1. The Balaban J connectivity index is 4.05. The molecule has 0 heterocycles. The van der Waals surface area contributed by atoms with Gasteiger partial charge in [-0.25, -0.2) is 4.79 Å². The van der Waals surface area contributed by atoms with Gasteiger partial charge in [-0.2, -0.15) is 0 Å². The zero-order valence-corrected chi connectivity index (χ0v) is 6.89. The first-order valence-corrected chi connectivity index (χ1v) is 3.37. The molecule has 0 aromatic rings. The van der Waals surface area contributed by atoms with Gasteiger partial charge in [-0.05, 0) is 6.92 Å². The van der Waals surface area contributed by atoms with Gasteiger partial charge < -0.3 is 25.4 Å². The Hall–Kier alpha value is -0.850. The minimum atomic E-state index is -1.82. The molecule has 2 atom stereocenters. The van der Waals surface area contributed by atoms with E-state index in [2.05, 4.69) is 10.1 Å².